The van der Waals surface area contributed by atoms with Crippen molar-refractivity contribution in [1.29, 1.82) is 0 Å². The fraction of sp³-hybridized carbons (Fsp3) is 0.769. The first-order valence-corrected chi connectivity index (χ1v) is 6.45. The number of carbonyl (C=O) groups excluding carboxylic acids is 1. The predicted octanol–water partition coefficient (Wildman–Crippen LogP) is 1.28. The highest BCUT2D eigenvalue weighted by Gasteiger charge is 2.49. The van der Waals surface area contributed by atoms with Crippen LogP contribution in [0, 0.1) is 0 Å². The zero-order chi connectivity index (χ0) is 14.7. The zero-order valence-electron chi connectivity index (χ0n) is 12.7. The molecule has 0 spiro atoms. The summed E-state index contributed by atoms with van der Waals surface area (Å²) >= 11 is 0. The van der Waals surface area contributed by atoms with Crippen molar-refractivity contribution in [3.63, 3.8) is 0 Å². The van der Waals surface area contributed by atoms with E-state index >= 15 is 0 Å². The second-order valence-corrected chi connectivity index (χ2v) is 5.83. The summed E-state index contributed by atoms with van der Waals surface area (Å²) in [5, 5.41) is 0. The summed E-state index contributed by atoms with van der Waals surface area (Å²) in [6.07, 6.45) is 1.94. The maximum absolute atomic E-state index is 11.1. The molecule has 0 aromatic carbocycles. The summed E-state index contributed by atoms with van der Waals surface area (Å²) in [5.74, 6) is 1.64. The highest BCUT2D eigenvalue weighted by atomic mass is 16.7. The molecular weight excluding hydrogens is 245 g/mol. The molecule has 0 atom stereocenters. The van der Waals surface area contributed by atoms with E-state index in [1.54, 1.807) is 0 Å². The smallest absolute Gasteiger partial charge is 0.468 e. The Balaban J connectivity index is 2.41. The molecule has 108 valence electrons. The third-order valence-corrected chi connectivity index (χ3v) is 3.61. The Bertz CT molecular complexity index is 339. The Hall–Kier alpha value is -0.845. The van der Waals surface area contributed by atoms with Crippen LogP contribution in [0.1, 0.15) is 27.7 Å². The van der Waals surface area contributed by atoms with Gasteiger partial charge in [-0.05, 0) is 34.7 Å². The Labute approximate surface area is 116 Å². The van der Waals surface area contributed by atoms with Crippen molar-refractivity contribution >= 4 is 13.1 Å². The molecule has 0 aromatic rings. The van der Waals surface area contributed by atoms with Crippen LogP contribution >= 0.6 is 0 Å². The van der Waals surface area contributed by atoms with Crippen molar-refractivity contribution in [3.05, 3.63) is 12.1 Å². The molecule has 0 saturated carbocycles. The largest absolute Gasteiger partial charge is 0.486 e. The molecule has 1 aliphatic heterocycles. The van der Waals surface area contributed by atoms with Crippen LogP contribution < -0.4 is 0 Å². The topological polar surface area (TPSA) is 48.0 Å². The van der Waals surface area contributed by atoms with E-state index in [4.69, 9.17) is 9.31 Å². The minimum Gasteiger partial charge on any atom is -0.468 e. The van der Waals surface area contributed by atoms with Crippen LogP contribution in [0.25, 0.3) is 0 Å². The van der Waals surface area contributed by atoms with Crippen LogP contribution in [0.3, 0.4) is 0 Å². The Morgan fingerprint density at radius 1 is 1.26 bits per heavy atom. The van der Waals surface area contributed by atoms with Gasteiger partial charge in [-0.3, -0.25) is 9.69 Å². The van der Waals surface area contributed by atoms with Gasteiger partial charge in [-0.25, -0.2) is 0 Å². The lowest BCUT2D eigenvalue weighted by Crippen LogP contribution is -2.41. The molecule has 0 unspecified atom stereocenters. The van der Waals surface area contributed by atoms with Crippen molar-refractivity contribution in [2.75, 3.05) is 27.2 Å². The predicted molar refractivity (Wildman–Crippen MR) is 74.7 cm³/mol. The number of ether oxygens (including phenoxy) is 1. The molecule has 0 N–H and O–H groups in total. The van der Waals surface area contributed by atoms with Crippen LogP contribution in [0.4, 0.5) is 0 Å². The summed E-state index contributed by atoms with van der Waals surface area (Å²) in [6.45, 7) is 8.98. The summed E-state index contributed by atoms with van der Waals surface area (Å²) in [6, 6.07) is 0. The Morgan fingerprint density at radius 3 is 2.26 bits per heavy atom. The van der Waals surface area contributed by atoms with E-state index in [-0.39, 0.29) is 30.8 Å². The van der Waals surface area contributed by atoms with Crippen LogP contribution in [-0.2, 0) is 18.8 Å². The zero-order valence-corrected chi connectivity index (χ0v) is 12.7. The SMILES string of the molecule is COC(=O)CN(C)C/C=C/B1OC(C)(C)C(C)(C)O1. The van der Waals surface area contributed by atoms with Crippen molar-refractivity contribution in [3.8, 4) is 0 Å². The first-order valence-electron chi connectivity index (χ1n) is 6.45. The van der Waals surface area contributed by atoms with E-state index in [0.717, 1.165) is 0 Å². The number of rotatable bonds is 5. The van der Waals surface area contributed by atoms with Gasteiger partial charge in [0.2, 0.25) is 0 Å². The quantitative estimate of drug-likeness (QED) is 0.556. The first-order chi connectivity index (χ1) is 8.68. The lowest BCUT2D eigenvalue weighted by molar-refractivity contribution is -0.141. The summed E-state index contributed by atoms with van der Waals surface area (Å²) in [5.41, 5.74) is -0.639. The molecule has 0 aliphatic carbocycles. The van der Waals surface area contributed by atoms with Gasteiger partial charge in [-0.15, -0.1) is 0 Å². The van der Waals surface area contributed by atoms with E-state index in [1.165, 1.54) is 7.11 Å². The average Bonchev–Trinajstić information content (AvgIpc) is 2.47. The lowest BCUT2D eigenvalue weighted by atomic mass is 9.90. The summed E-state index contributed by atoms with van der Waals surface area (Å²) in [7, 11) is 2.90. The number of hydrogen-bond acceptors (Lipinski definition) is 5. The molecule has 0 aromatic heterocycles. The molecule has 1 fully saturated rings. The molecule has 0 radical (unpaired) electrons. The van der Waals surface area contributed by atoms with Crippen molar-refractivity contribution in [2.24, 2.45) is 0 Å². The Morgan fingerprint density at radius 2 is 1.79 bits per heavy atom. The van der Waals surface area contributed by atoms with E-state index in [1.807, 2.05) is 51.7 Å². The second-order valence-electron chi connectivity index (χ2n) is 5.83. The molecule has 1 rings (SSSR count). The van der Waals surface area contributed by atoms with Crippen LogP contribution in [0.2, 0.25) is 0 Å². The highest BCUT2D eigenvalue weighted by molar-refractivity contribution is 6.51. The molecule has 1 saturated heterocycles. The number of nitrogens with zero attached hydrogens (tertiary/aromatic N) is 1. The molecule has 6 heteroatoms. The fourth-order valence-electron chi connectivity index (χ4n) is 1.67. The molecule has 0 bridgehead atoms. The van der Waals surface area contributed by atoms with E-state index in [2.05, 4.69) is 4.74 Å². The number of carbonyl (C=O) groups is 1. The van der Waals surface area contributed by atoms with Gasteiger partial charge >= 0.3 is 13.1 Å². The van der Waals surface area contributed by atoms with E-state index < -0.39 is 0 Å². The van der Waals surface area contributed by atoms with Crippen LogP contribution in [-0.4, -0.2) is 56.4 Å². The van der Waals surface area contributed by atoms with Crippen molar-refractivity contribution in [2.45, 2.75) is 38.9 Å². The fourth-order valence-corrected chi connectivity index (χ4v) is 1.67. The van der Waals surface area contributed by atoms with Crippen molar-refractivity contribution < 1.29 is 18.8 Å². The van der Waals surface area contributed by atoms with Gasteiger partial charge < -0.3 is 14.0 Å². The average molecular weight is 269 g/mol. The highest BCUT2D eigenvalue weighted by Crippen LogP contribution is 2.36. The summed E-state index contributed by atoms with van der Waals surface area (Å²) < 4.78 is 16.3. The summed E-state index contributed by atoms with van der Waals surface area (Å²) in [4.78, 5) is 12.9. The van der Waals surface area contributed by atoms with Gasteiger partial charge in [0, 0.05) is 6.54 Å². The normalized spacial score (nSPS) is 21.3. The maximum Gasteiger partial charge on any atom is 0.486 e. The van der Waals surface area contributed by atoms with Gasteiger partial charge in [-0.2, -0.15) is 0 Å². The standard InChI is InChI=1S/C13H24BNO4/c1-12(2)13(3,4)19-14(18-12)8-7-9-15(5)10-11(16)17-6/h7-8H,9-10H2,1-6H3/b8-7+. The van der Waals surface area contributed by atoms with Gasteiger partial charge in [0.15, 0.2) is 0 Å². The van der Waals surface area contributed by atoms with Crippen LogP contribution in [0.15, 0.2) is 12.1 Å². The van der Waals surface area contributed by atoms with Gasteiger partial charge in [0.05, 0.1) is 24.9 Å². The number of methoxy groups -OCH3 is 1. The number of esters is 1. The number of hydrogen-bond donors (Lipinski definition) is 0. The minimum atomic E-state index is -0.337. The molecule has 0 amide bonds. The lowest BCUT2D eigenvalue weighted by Gasteiger charge is -2.32. The molecule has 19 heavy (non-hydrogen) atoms. The molecule has 1 heterocycles. The van der Waals surface area contributed by atoms with Gasteiger partial charge in [0.1, 0.15) is 0 Å². The Kier molecular flexibility index (Phi) is 5.18. The van der Waals surface area contributed by atoms with Gasteiger partial charge in [-0.1, -0.05) is 12.1 Å². The number of likely N-dealkylation sites (N-methyl/N-ethyl adjacent to an activating group) is 1. The monoisotopic (exact) mass is 269 g/mol. The van der Waals surface area contributed by atoms with E-state index in [9.17, 15) is 4.79 Å². The molecular formula is C13H24BNO4. The van der Waals surface area contributed by atoms with Gasteiger partial charge in [0.25, 0.3) is 0 Å². The third-order valence-electron chi connectivity index (χ3n) is 3.61. The maximum atomic E-state index is 11.1. The first kappa shape index (κ1) is 16.2. The molecule has 5 nitrogen and oxygen atoms in total. The third kappa shape index (κ3) is 4.33. The van der Waals surface area contributed by atoms with Crippen LogP contribution in [0.5, 0.6) is 0 Å². The van der Waals surface area contributed by atoms with Crippen molar-refractivity contribution in [1.82, 2.24) is 4.90 Å². The van der Waals surface area contributed by atoms with E-state index in [0.29, 0.717) is 6.54 Å². The molecule has 1 aliphatic rings. The second kappa shape index (κ2) is 6.07. The minimum absolute atomic E-state index is 0.244.